The lowest BCUT2D eigenvalue weighted by Crippen LogP contribution is -2.03. The maximum Gasteiger partial charge on any atom is 0.235 e. The van der Waals surface area contributed by atoms with Crippen molar-refractivity contribution in [3.05, 3.63) is 158 Å². The van der Waals surface area contributed by atoms with E-state index >= 15 is 0 Å². The van der Waals surface area contributed by atoms with E-state index in [0.29, 0.717) is 5.95 Å². The smallest absolute Gasteiger partial charge is 0.235 e. The molecule has 0 fully saturated rings. The molecular weight excluding hydrogens is 585 g/mol. The molecule has 0 radical (unpaired) electrons. The predicted octanol–water partition coefficient (Wildman–Crippen LogP) is 11.2. The number of rotatable bonds is 3. The number of hydrogen-bond donors (Lipinski definition) is 0. The number of benzene rings is 7. The Morgan fingerprint density at radius 1 is 0.333 bits per heavy atom. The van der Waals surface area contributed by atoms with Gasteiger partial charge in [-0.2, -0.15) is 0 Å². The van der Waals surface area contributed by atoms with E-state index in [2.05, 4.69) is 161 Å². The van der Waals surface area contributed by atoms with Gasteiger partial charge in [0.1, 0.15) is 0 Å². The third-order valence-electron chi connectivity index (χ3n) is 10.1. The lowest BCUT2D eigenvalue weighted by Gasteiger charge is -2.11. The second-order valence-electron chi connectivity index (χ2n) is 12.6. The average Bonchev–Trinajstić information content (AvgIpc) is 3.68. The summed E-state index contributed by atoms with van der Waals surface area (Å²) in [6, 6.07) is 56.4. The normalized spacial score (nSPS) is 12.2. The standard InChI is InChI=1S/C44H26N4/c1-3-13-27(14-4-1)43-33-17-7-8-22-34(33)45-44(46-43)48-37-25-11-20-31-29-18-9-23-35-39(29)40-30(32-21-12-26-38(48)42(32)41(31)37)19-10-24-36(40)47(35)28-15-5-2-6-16-28/h1-26H. The van der Waals surface area contributed by atoms with E-state index in [1.165, 1.54) is 54.1 Å². The molecule has 0 saturated carbocycles. The lowest BCUT2D eigenvalue weighted by atomic mass is 9.95. The quantitative estimate of drug-likeness (QED) is 0.199. The Bertz CT molecular complexity index is 2920. The molecule has 4 nitrogen and oxygen atoms in total. The molecule has 0 spiro atoms. The van der Waals surface area contributed by atoms with E-state index < -0.39 is 0 Å². The van der Waals surface area contributed by atoms with Crippen molar-refractivity contribution >= 4 is 76.1 Å². The summed E-state index contributed by atoms with van der Waals surface area (Å²) in [4.78, 5) is 10.6. The minimum atomic E-state index is 0.673. The van der Waals surface area contributed by atoms with Gasteiger partial charge in [-0.25, -0.2) is 9.97 Å². The van der Waals surface area contributed by atoms with E-state index in [9.17, 15) is 0 Å². The summed E-state index contributed by atoms with van der Waals surface area (Å²) in [5, 5.41) is 11.0. The van der Waals surface area contributed by atoms with Crippen molar-refractivity contribution < 1.29 is 0 Å². The Kier molecular flexibility index (Phi) is 5.08. The number of fused-ring (bicyclic) bond motifs is 3. The van der Waals surface area contributed by atoms with Crippen LogP contribution in [0.2, 0.25) is 0 Å². The van der Waals surface area contributed by atoms with Gasteiger partial charge in [-0.05, 0) is 64.0 Å². The van der Waals surface area contributed by atoms with Crippen molar-refractivity contribution in [2.45, 2.75) is 0 Å². The highest BCUT2D eigenvalue weighted by atomic mass is 15.2. The fourth-order valence-electron chi connectivity index (χ4n) is 8.17. The molecule has 4 heteroatoms. The highest BCUT2D eigenvalue weighted by Gasteiger charge is 2.23. The third kappa shape index (κ3) is 3.33. The van der Waals surface area contributed by atoms with Crippen LogP contribution in [0.15, 0.2) is 158 Å². The molecule has 3 aromatic heterocycles. The van der Waals surface area contributed by atoms with Gasteiger partial charge >= 0.3 is 0 Å². The molecule has 0 atom stereocenters. The highest BCUT2D eigenvalue weighted by Crippen LogP contribution is 2.46. The van der Waals surface area contributed by atoms with Gasteiger partial charge in [0.2, 0.25) is 5.95 Å². The van der Waals surface area contributed by atoms with Crippen LogP contribution in [-0.4, -0.2) is 19.1 Å². The second-order valence-corrected chi connectivity index (χ2v) is 12.6. The molecular formula is C44H26N4. The Morgan fingerprint density at radius 3 is 1.31 bits per heavy atom. The van der Waals surface area contributed by atoms with Crippen molar-refractivity contribution in [2.24, 2.45) is 0 Å². The van der Waals surface area contributed by atoms with Gasteiger partial charge in [-0.3, -0.25) is 4.57 Å². The van der Waals surface area contributed by atoms with Crippen LogP contribution in [0.1, 0.15) is 0 Å². The zero-order valence-electron chi connectivity index (χ0n) is 25.8. The van der Waals surface area contributed by atoms with Crippen LogP contribution in [0.25, 0.3) is 99.0 Å². The Balaban J connectivity index is 1.36. The van der Waals surface area contributed by atoms with Gasteiger partial charge < -0.3 is 4.57 Å². The molecule has 48 heavy (non-hydrogen) atoms. The van der Waals surface area contributed by atoms with Crippen molar-refractivity contribution in [3.63, 3.8) is 0 Å². The first-order valence-electron chi connectivity index (χ1n) is 16.4. The summed E-state index contributed by atoms with van der Waals surface area (Å²) >= 11 is 0. The monoisotopic (exact) mass is 610 g/mol. The summed E-state index contributed by atoms with van der Waals surface area (Å²) in [6.45, 7) is 0. The molecule has 0 aliphatic rings. The van der Waals surface area contributed by atoms with E-state index in [-0.39, 0.29) is 0 Å². The Labute approximate surface area is 275 Å². The molecule has 11 rings (SSSR count). The Morgan fingerprint density at radius 2 is 0.771 bits per heavy atom. The van der Waals surface area contributed by atoms with E-state index in [1.807, 2.05) is 6.07 Å². The van der Waals surface area contributed by atoms with Crippen LogP contribution >= 0.6 is 0 Å². The molecule has 11 aromatic rings. The van der Waals surface area contributed by atoms with Crippen molar-refractivity contribution in [3.8, 4) is 22.9 Å². The molecule has 3 heterocycles. The van der Waals surface area contributed by atoms with Gasteiger partial charge in [-0.1, -0.05) is 115 Å². The molecule has 0 bridgehead atoms. The Hall–Kier alpha value is -6.52. The maximum absolute atomic E-state index is 5.34. The number of para-hydroxylation sites is 2. The van der Waals surface area contributed by atoms with Gasteiger partial charge in [0.05, 0.1) is 33.3 Å². The summed E-state index contributed by atoms with van der Waals surface area (Å²) in [7, 11) is 0. The van der Waals surface area contributed by atoms with Gasteiger partial charge in [0, 0.05) is 38.2 Å². The maximum atomic E-state index is 5.34. The molecule has 0 aliphatic heterocycles. The molecule has 0 unspecified atom stereocenters. The van der Waals surface area contributed by atoms with Crippen LogP contribution in [0.5, 0.6) is 0 Å². The van der Waals surface area contributed by atoms with Crippen molar-refractivity contribution in [1.82, 2.24) is 19.1 Å². The molecule has 0 saturated heterocycles. The van der Waals surface area contributed by atoms with Crippen LogP contribution in [0, 0.1) is 0 Å². The first kappa shape index (κ1) is 25.6. The summed E-state index contributed by atoms with van der Waals surface area (Å²) < 4.78 is 4.69. The zero-order chi connectivity index (χ0) is 31.3. The second kappa shape index (κ2) is 9.50. The molecule has 0 aliphatic carbocycles. The first-order chi connectivity index (χ1) is 23.8. The zero-order valence-corrected chi connectivity index (χ0v) is 25.8. The van der Waals surface area contributed by atoms with Crippen LogP contribution < -0.4 is 0 Å². The summed E-state index contributed by atoms with van der Waals surface area (Å²) in [5.41, 5.74) is 8.70. The van der Waals surface area contributed by atoms with Crippen LogP contribution in [-0.2, 0) is 0 Å². The fraction of sp³-hybridized carbons (Fsp3) is 0. The predicted molar refractivity (Wildman–Crippen MR) is 200 cm³/mol. The SMILES string of the molecule is c1ccc(-c2nc(-n3c4cccc5c6cccc7c6c6c(cccc6n7-c6ccccc6)c6cccc3c6c54)nc3ccccc23)cc1. The first-order valence-corrected chi connectivity index (χ1v) is 16.4. The topological polar surface area (TPSA) is 35.6 Å². The van der Waals surface area contributed by atoms with Gasteiger partial charge in [0.15, 0.2) is 0 Å². The molecule has 0 amide bonds. The van der Waals surface area contributed by atoms with Gasteiger partial charge in [0.25, 0.3) is 0 Å². The lowest BCUT2D eigenvalue weighted by molar-refractivity contribution is 1.01. The van der Waals surface area contributed by atoms with Crippen LogP contribution in [0.4, 0.5) is 0 Å². The number of nitrogens with zero attached hydrogens (tertiary/aromatic N) is 4. The third-order valence-corrected chi connectivity index (χ3v) is 10.1. The van der Waals surface area contributed by atoms with Crippen molar-refractivity contribution in [1.29, 1.82) is 0 Å². The number of aromatic nitrogens is 4. The summed E-state index contributed by atoms with van der Waals surface area (Å²) in [5.74, 6) is 0.673. The molecule has 222 valence electrons. The largest absolute Gasteiger partial charge is 0.309 e. The van der Waals surface area contributed by atoms with Crippen molar-refractivity contribution in [2.75, 3.05) is 0 Å². The minimum Gasteiger partial charge on any atom is -0.309 e. The van der Waals surface area contributed by atoms with E-state index in [1.54, 1.807) is 0 Å². The minimum absolute atomic E-state index is 0.673. The summed E-state index contributed by atoms with van der Waals surface area (Å²) in [6.07, 6.45) is 0. The van der Waals surface area contributed by atoms with Crippen LogP contribution in [0.3, 0.4) is 0 Å². The number of hydrogen-bond acceptors (Lipinski definition) is 2. The molecule has 8 aromatic carbocycles. The van der Waals surface area contributed by atoms with E-state index in [0.717, 1.165) is 38.9 Å². The van der Waals surface area contributed by atoms with E-state index in [4.69, 9.17) is 9.97 Å². The average molecular weight is 611 g/mol. The van der Waals surface area contributed by atoms with Gasteiger partial charge in [-0.15, -0.1) is 0 Å². The molecule has 0 N–H and O–H groups in total. The fourth-order valence-corrected chi connectivity index (χ4v) is 8.17. The highest BCUT2D eigenvalue weighted by molar-refractivity contribution is 6.37.